The lowest BCUT2D eigenvalue weighted by Gasteiger charge is -2.18. The fraction of sp³-hybridized carbons (Fsp3) is 0.200. The fourth-order valence-electron chi connectivity index (χ4n) is 2.20. The largest absolute Gasteiger partial charge is 0.452 e. The van der Waals surface area contributed by atoms with Crippen LogP contribution in [-0.2, 0) is 20.9 Å². The molecule has 0 aromatic heterocycles. The molecule has 1 amide bonds. The van der Waals surface area contributed by atoms with Crippen molar-refractivity contribution in [1.82, 2.24) is 4.90 Å². The van der Waals surface area contributed by atoms with Gasteiger partial charge in [0.05, 0.1) is 0 Å². The summed E-state index contributed by atoms with van der Waals surface area (Å²) in [5.41, 5.74) is 2.67. The molecule has 5 heteroatoms. The van der Waals surface area contributed by atoms with Crippen LogP contribution in [0.3, 0.4) is 0 Å². The van der Waals surface area contributed by atoms with Crippen LogP contribution >= 0.6 is 0 Å². The molecule has 0 aliphatic carbocycles. The zero-order valence-electron chi connectivity index (χ0n) is 14.2. The number of likely N-dealkylation sites (N-methyl/N-ethyl adjacent to an activating group) is 1. The molecule has 0 fully saturated rings. The van der Waals surface area contributed by atoms with Crippen LogP contribution in [0.1, 0.15) is 16.7 Å². The molecule has 25 heavy (non-hydrogen) atoms. The maximum atomic E-state index is 13.0. The van der Waals surface area contributed by atoms with Crippen molar-refractivity contribution in [2.24, 2.45) is 0 Å². The number of aryl methyl sites for hydroxylation is 1. The molecule has 0 aliphatic heterocycles. The van der Waals surface area contributed by atoms with Crippen LogP contribution in [0.5, 0.6) is 0 Å². The molecule has 0 aliphatic rings. The van der Waals surface area contributed by atoms with Crippen LogP contribution in [-0.4, -0.2) is 30.4 Å². The van der Waals surface area contributed by atoms with Crippen molar-refractivity contribution in [3.8, 4) is 0 Å². The average Bonchev–Trinajstić information content (AvgIpc) is 2.59. The van der Waals surface area contributed by atoms with E-state index in [-0.39, 0.29) is 18.3 Å². The topological polar surface area (TPSA) is 46.6 Å². The minimum Gasteiger partial charge on any atom is -0.452 e. The van der Waals surface area contributed by atoms with Crippen LogP contribution in [0.4, 0.5) is 4.39 Å². The summed E-state index contributed by atoms with van der Waals surface area (Å²) < 4.78 is 18.0. The third-order valence-electron chi connectivity index (χ3n) is 3.69. The molecule has 0 N–H and O–H groups in total. The van der Waals surface area contributed by atoms with Gasteiger partial charge in [0.1, 0.15) is 5.82 Å². The third kappa shape index (κ3) is 5.88. The minimum absolute atomic E-state index is 0.296. The summed E-state index contributed by atoms with van der Waals surface area (Å²) in [5, 5.41) is 0. The van der Waals surface area contributed by atoms with Gasteiger partial charge in [-0.3, -0.25) is 4.79 Å². The molecule has 0 atom stereocenters. The molecule has 0 bridgehead atoms. The van der Waals surface area contributed by atoms with Gasteiger partial charge in [0.15, 0.2) is 6.61 Å². The molecular formula is C20H20FNO3. The van der Waals surface area contributed by atoms with Gasteiger partial charge >= 0.3 is 5.97 Å². The molecule has 0 radical (unpaired) electrons. The number of hydrogen-bond donors (Lipinski definition) is 0. The molecule has 2 aromatic carbocycles. The van der Waals surface area contributed by atoms with Crippen LogP contribution in [0.2, 0.25) is 0 Å². The van der Waals surface area contributed by atoms with Crippen molar-refractivity contribution >= 4 is 18.0 Å². The van der Waals surface area contributed by atoms with Crippen molar-refractivity contribution < 1.29 is 18.7 Å². The molecule has 2 aromatic rings. The van der Waals surface area contributed by atoms with Gasteiger partial charge in [-0.25, -0.2) is 9.18 Å². The molecule has 130 valence electrons. The van der Waals surface area contributed by atoms with Gasteiger partial charge in [-0.05, 0) is 41.8 Å². The van der Waals surface area contributed by atoms with E-state index in [1.165, 1.54) is 29.2 Å². The summed E-state index contributed by atoms with van der Waals surface area (Å²) in [6.45, 7) is 2.09. The molecule has 0 saturated carbocycles. The monoisotopic (exact) mass is 341 g/mol. The zero-order chi connectivity index (χ0) is 18.2. The van der Waals surface area contributed by atoms with Gasteiger partial charge in [-0.1, -0.05) is 36.4 Å². The Balaban J connectivity index is 1.82. The first-order valence-corrected chi connectivity index (χ1v) is 7.84. The predicted molar refractivity (Wildman–Crippen MR) is 94.0 cm³/mol. The molecule has 4 nitrogen and oxygen atoms in total. The number of hydrogen-bond acceptors (Lipinski definition) is 3. The smallest absolute Gasteiger partial charge is 0.331 e. The Labute approximate surface area is 146 Å². The van der Waals surface area contributed by atoms with E-state index in [1.807, 2.05) is 31.2 Å². The maximum Gasteiger partial charge on any atom is 0.331 e. The number of esters is 1. The zero-order valence-corrected chi connectivity index (χ0v) is 14.2. The summed E-state index contributed by atoms with van der Waals surface area (Å²) in [5.74, 6) is -1.33. The second kappa shape index (κ2) is 8.78. The highest BCUT2D eigenvalue weighted by Gasteiger charge is 2.12. The molecule has 0 unspecified atom stereocenters. The van der Waals surface area contributed by atoms with Crippen molar-refractivity contribution in [2.45, 2.75) is 13.5 Å². The van der Waals surface area contributed by atoms with E-state index < -0.39 is 5.97 Å². The van der Waals surface area contributed by atoms with Crippen LogP contribution < -0.4 is 0 Å². The quantitative estimate of drug-likeness (QED) is 0.598. The molecule has 2 rings (SSSR count). The highest BCUT2D eigenvalue weighted by Crippen LogP contribution is 2.10. The first-order valence-electron chi connectivity index (χ1n) is 7.84. The molecule has 0 saturated heterocycles. The van der Waals surface area contributed by atoms with E-state index in [0.29, 0.717) is 12.1 Å². The van der Waals surface area contributed by atoms with Crippen molar-refractivity contribution in [1.29, 1.82) is 0 Å². The summed E-state index contributed by atoms with van der Waals surface area (Å²) >= 11 is 0. The summed E-state index contributed by atoms with van der Waals surface area (Å²) in [6, 6.07) is 13.6. The van der Waals surface area contributed by atoms with Gasteiger partial charge in [-0.15, -0.1) is 0 Å². The summed E-state index contributed by atoms with van der Waals surface area (Å²) in [4.78, 5) is 25.2. The lowest BCUT2D eigenvalue weighted by atomic mass is 10.1. The average molecular weight is 341 g/mol. The number of carbonyl (C=O) groups is 2. The standard InChI is InChI=1S/C20H20FNO3/c1-15-6-3-4-8-17(15)13-22(2)19(23)14-25-20(24)11-10-16-7-5-9-18(21)12-16/h3-12H,13-14H2,1-2H3/b11-10+. The second-order valence-electron chi connectivity index (χ2n) is 5.67. The number of halogens is 1. The first kappa shape index (κ1) is 18.4. The lowest BCUT2D eigenvalue weighted by molar-refractivity contribution is -0.147. The second-order valence-corrected chi connectivity index (χ2v) is 5.67. The number of carbonyl (C=O) groups excluding carboxylic acids is 2. The Kier molecular flexibility index (Phi) is 6.46. The van der Waals surface area contributed by atoms with Crippen LogP contribution in [0.25, 0.3) is 6.08 Å². The van der Waals surface area contributed by atoms with E-state index in [9.17, 15) is 14.0 Å². The normalized spacial score (nSPS) is 10.7. The molecule has 0 heterocycles. The van der Waals surface area contributed by atoms with Gasteiger partial charge in [-0.2, -0.15) is 0 Å². The highest BCUT2D eigenvalue weighted by molar-refractivity contribution is 5.89. The minimum atomic E-state index is -0.651. The summed E-state index contributed by atoms with van der Waals surface area (Å²) in [7, 11) is 1.66. The van der Waals surface area contributed by atoms with E-state index >= 15 is 0 Å². The number of ether oxygens (including phenoxy) is 1. The van der Waals surface area contributed by atoms with Gasteiger partial charge in [0.2, 0.25) is 0 Å². The first-order chi connectivity index (χ1) is 12.0. The van der Waals surface area contributed by atoms with Crippen molar-refractivity contribution in [3.63, 3.8) is 0 Å². The molecule has 0 spiro atoms. The Morgan fingerprint density at radius 2 is 1.92 bits per heavy atom. The van der Waals surface area contributed by atoms with E-state index in [2.05, 4.69) is 0 Å². The van der Waals surface area contributed by atoms with E-state index in [1.54, 1.807) is 19.2 Å². The van der Waals surface area contributed by atoms with Gasteiger partial charge < -0.3 is 9.64 Å². The van der Waals surface area contributed by atoms with E-state index in [4.69, 9.17) is 4.74 Å². The molecular weight excluding hydrogens is 321 g/mol. The van der Waals surface area contributed by atoms with Gasteiger partial charge in [0.25, 0.3) is 5.91 Å². The fourth-order valence-corrected chi connectivity index (χ4v) is 2.20. The Hall–Kier alpha value is -2.95. The van der Waals surface area contributed by atoms with Crippen LogP contribution in [0, 0.1) is 12.7 Å². The van der Waals surface area contributed by atoms with E-state index in [0.717, 1.165) is 11.1 Å². The number of rotatable bonds is 6. The SMILES string of the molecule is Cc1ccccc1CN(C)C(=O)COC(=O)/C=C/c1cccc(F)c1. The van der Waals surface area contributed by atoms with Crippen molar-refractivity contribution in [3.05, 3.63) is 77.1 Å². The number of benzene rings is 2. The Bertz CT molecular complexity index is 786. The lowest BCUT2D eigenvalue weighted by Crippen LogP contribution is -2.30. The highest BCUT2D eigenvalue weighted by atomic mass is 19.1. The maximum absolute atomic E-state index is 13.0. The Morgan fingerprint density at radius 3 is 2.64 bits per heavy atom. The summed E-state index contributed by atoms with van der Waals surface area (Å²) in [6.07, 6.45) is 2.61. The van der Waals surface area contributed by atoms with Crippen LogP contribution in [0.15, 0.2) is 54.6 Å². The van der Waals surface area contributed by atoms with Crippen molar-refractivity contribution in [2.75, 3.05) is 13.7 Å². The Morgan fingerprint density at radius 1 is 1.16 bits per heavy atom. The number of amides is 1. The number of nitrogens with zero attached hydrogens (tertiary/aromatic N) is 1. The third-order valence-corrected chi connectivity index (χ3v) is 3.69. The predicted octanol–water partition coefficient (Wildman–Crippen LogP) is 3.35. The van der Waals surface area contributed by atoms with Gasteiger partial charge in [0, 0.05) is 19.7 Å².